The number of nitrogens with zero attached hydrogens (tertiary/aromatic N) is 1. The Kier molecular flexibility index (Phi) is 5.23. The highest BCUT2D eigenvalue weighted by Crippen LogP contribution is 2.30. The average molecular weight is 281 g/mol. The number of β-amino-alcohol motifs (C(OH)–C–C–N with tert-alkyl or cyclic N) is 1. The Morgan fingerprint density at radius 3 is 2.45 bits per heavy atom. The van der Waals surface area contributed by atoms with Crippen LogP contribution in [0.3, 0.4) is 0 Å². The van der Waals surface area contributed by atoms with Gasteiger partial charge < -0.3 is 24.6 Å². The van der Waals surface area contributed by atoms with E-state index in [0.29, 0.717) is 18.0 Å². The Balaban J connectivity index is 2.00. The van der Waals surface area contributed by atoms with Crippen molar-refractivity contribution in [1.82, 2.24) is 4.90 Å². The number of hydrogen-bond donors (Lipinski definition) is 2. The van der Waals surface area contributed by atoms with Gasteiger partial charge in [-0.3, -0.25) is 0 Å². The summed E-state index contributed by atoms with van der Waals surface area (Å²) in [7, 11) is 3.17. The summed E-state index contributed by atoms with van der Waals surface area (Å²) in [5.41, 5.74) is 0.814. The molecule has 0 spiro atoms. The molecule has 1 fully saturated rings. The van der Waals surface area contributed by atoms with Crippen molar-refractivity contribution in [2.24, 2.45) is 0 Å². The molecule has 0 radical (unpaired) electrons. The van der Waals surface area contributed by atoms with E-state index < -0.39 is 6.10 Å². The summed E-state index contributed by atoms with van der Waals surface area (Å²) in [5, 5.41) is 19.8. The van der Waals surface area contributed by atoms with Gasteiger partial charge in [0.05, 0.1) is 26.4 Å². The van der Waals surface area contributed by atoms with Crippen LogP contribution in [0.4, 0.5) is 0 Å². The van der Waals surface area contributed by atoms with Gasteiger partial charge in [-0.25, -0.2) is 0 Å². The third kappa shape index (κ3) is 3.62. The SMILES string of the molecule is COc1ccc(C(O)CN2CCC(O)CC2)cc1OC. The first-order valence-electron chi connectivity index (χ1n) is 6.94. The standard InChI is InChI=1S/C15H23NO4/c1-19-14-4-3-11(9-15(14)20-2)13(18)10-16-7-5-12(17)6-8-16/h3-4,9,12-13,17-18H,5-8,10H2,1-2H3. The lowest BCUT2D eigenvalue weighted by Gasteiger charge is -2.31. The first kappa shape index (κ1) is 15.1. The lowest BCUT2D eigenvalue weighted by Crippen LogP contribution is -2.38. The van der Waals surface area contributed by atoms with Gasteiger partial charge in [-0.1, -0.05) is 6.07 Å². The molecule has 20 heavy (non-hydrogen) atoms. The summed E-state index contributed by atoms with van der Waals surface area (Å²) in [6, 6.07) is 5.46. The summed E-state index contributed by atoms with van der Waals surface area (Å²) in [6.07, 6.45) is 0.798. The molecule has 5 nitrogen and oxygen atoms in total. The number of piperidine rings is 1. The summed E-state index contributed by atoms with van der Waals surface area (Å²) in [4.78, 5) is 2.17. The van der Waals surface area contributed by atoms with Gasteiger partial charge in [0, 0.05) is 19.6 Å². The Morgan fingerprint density at radius 1 is 1.20 bits per heavy atom. The largest absolute Gasteiger partial charge is 0.493 e. The van der Waals surface area contributed by atoms with Crippen LogP contribution in [-0.4, -0.2) is 55.1 Å². The van der Waals surface area contributed by atoms with E-state index in [4.69, 9.17) is 9.47 Å². The number of aliphatic hydroxyl groups is 2. The van der Waals surface area contributed by atoms with Gasteiger partial charge >= 0.3 is 0 Å². The number of benzene rings is 1. The van der Waals surface area contributed by atoms with Crippen LogP contribution < -0.4 is 9.47 Å². The van der Waals surface area contributed by atoms with Crippen molar-refractivity contribution < 1.29 is 19.7 Å². The van der Waals surface area contributed by atoms with Gasteiger partial charge in [0.25, 0.3) is 0 Å². The molecule has 1 aromatic rings. The van der Waals surface area contributed by atoms with E-state index in [1.54, 1.807) is 20.3 Å². The molecule has 0 amide bonds. The monoisotopic (exact) mass is 281 g/mol. The Labute approximate surface area is 119 Å². The lowest BCUT2D eigenvalue weighted by atomic mass is 10.0. The van der Waals surface area contributed by atoms with Crippen molar-refractivity contribution in [2.75, 3.05) is 33.9 Å². The van der Waals surface area contributed by atoms with Crippen LogP contribution in [0.25, 0.3) is 0 Å². The zero-order valence-corrected chi connectivity index (χ0v) is 12.1. The van der Waals surface area contributed by atoms with Crippen LogP contribution in [0, 0.1) is 0 Å². The molecule has 2 rings (SSSR count). The fraction of sp³-hybridized carbons (Fsp3) is 0.600. The average Bonchev–Trinajstić information content (AvgIpc) is 2.48. The molecule has 1 heterocycles. The first-order chi connectivity index (χ1) is 9.63. The fourth-order valence-corrected chi connectivity index (χ4v) is 2.51. The highest BCUT2D eigenvalue weighted by atomic mass is 16.5. The molecule has 1 unspecified atom stereocenters. The molecule has 1 aliphatic heterocycles. The summed E-state index contributed by atoms with van der Waals surface area (Å²) < 4.78 is 10.4. The maximum Gasteiger partial charge on any atom is 0.161 e. The topological polar surface area (TPSA) is 62.2 Å². The van der Waals surface area contributed by atoms with Crippen LogP contribution in [-0.2, 0) is 0 Å². The minimum absolute atomic E-state index is 0.190. The van der Waals surface area contributed by atoms with Gasteiger partial charge in [-0.15, -0.1) is 0 Å². The molecule has 2 N–H and O–H groups in total. The number of likely N-dealkylation sites (tertiary alicyclic amines) is 1. The second-order valence-electron chi connectivity index (χ2n) is 5.16. The van der Waals surface area contributed by atoms with Crippen molar-refractivity contribution in [2.45, 2.75) is 25.0 Å². The number of methoxy groups -OCH3 is 2. The summed E-state index contributed by atoms with van der Waals surface area (Å²) in [6.45, 7) is 2.22. The molecule has 5 heteroatoms. The molecule has 0 aliphatic carbocycles. The third-order valence-electron chi connectivity index (χ3n) is 3.78. The highest BCUT2D eigenvalue weighted by Gasteiger charge is 2.20. The molecule has 112 valence electrons. The van der Waals surface area contributed by atoms with Gasteiger partial charge in [-0.2, -0.15) is 0 Å². The summed E-state index contributed by atoms with van der Waals surface area (Å²) >= 11 is 0. The Bertz CT molecular complexity index is 430. The fourth-order valence-electron chi connectivity index (χ4n) is 2.51. The van der Waals surface area contributed by atoms with E-state index in [2.05, 4.69) is 4.90 Å². The van der Waals surface area contributed by atoms with Crippen molar-refractivity contribution in [1.29, 1.82) is 0 Å². The smallest absolute Gasteiger partial charge is 0.161 e. The zero-order valence-electron chi connectivity index (χ0n) is 12.1. The van der Waals surface area contributed by atoms with Crippen molar-refractivity contribution in [3.05, 3.63) is 23.8 Å². The van der Waals surface area contributed by atoms with Gasteiger partial charge in [-0.05, 0) is 30.5 Å². The maximum atomic E-state index is 10.3. The van der Waals surface area contributed by atoms with Crippen molar-refractivity contribution in [3.63, 3.8) is 0 Å². The quantitative estimate of drug-likeness (QED) is 0.849. The zero-order chi connectivity index (χ0) is 14.5. The third-order valence-corrected chi connectivity index (χ3v) is 3.78. The molecule has 0 aromatic heterocycles. The number of hydrogen-bond acceptors (Lipinski definition) is 5. The molecule has 0 saturated carbocycles. The molecule has 1 atom stereocenters. The highest BCUT2D eigenvalue weighted by molar-refractivity contribution is 5.43. The molecule has 1 saturated heterocycles. The molecule has 1 aromatic carbocycles. The molecule has 1 aliphatic rings. The first-order valence-corrected chi connectivity index (χ1v) is 6.94. The van der Waals surface area contributed by atoms with Crippen LogP contribution in [0.5, 0.6) is 11.5 Å². The Morgan fingerprint density at radius 2 is 1.85 bits per heavy atom. The number of rotatable bonds is 5. The summed E-state index contributed by atoms with van der Waals surface area (Å²) in [5.74, 6) is 1.28. The second-order valence-corrected chi connectivity index (χ2v) is 5.16. The van der Waals surface area contributed by atoms with Crippen molar-refractivity contribution in [3.8, 4) is 11.5 Å². The predicted octanol–water partition coefficient (Wildman–Crippen LogP) is 1.19. The lowest BCUT2D eigenvalue weighted by molar-refractivity contribution is 0.0507. The minimum Gasteiger partial charge on any atom is -0.493 e. The van der Waals surface area contributed by atoms with Crippen LogP contribution in [0.15, 0.2) is 18.2 Å². The van der Waals surface area contributed by atoms with Crippen molar-refractivity contribution >= 4 is 0 Å². The molecule has 0 bridgehead atoms. The number of ether oxygens (including phenoxy) is 2. The number of aliphatic hydroxyl groups excluding tert-OH is 2. The van der Waals surface area contributed by atoms with Gasteiger partial charge in [0.15, 0.2) is 11.5 Å². The second kappa shape index (κ2) is 6.92. The minimum atomic E-state index is -0.565. The van der Waals surface area contributed by atoms with E-state index in [0.717, 1.165) is 31.5 Å². The van der Waals surface area contributed by atoms with Crippen LogP contribution in [0.2, 0.25) is 0 Å². The maximum absolute atomic E-state index is 10.3. The van der Waals surface area contributed by atoms with Gasteiger partial charge in [0.1, 0.15) is 0 Å². The Hall–Kier alpha value is -1.30. The molecular formula is C15H23NO4. The van der Waals surface area contributed by atoms with E-state index in [1.807, 2.05) is 12.1 Å². The van der Waals surface area contributed by atoms with Crippen LogP contribution in [0.1, 0.15) is 24.5 Å². The predicted molar refractivity (Wildman–Crippen MR) is 76.2 cm³/mol. The molecular weight excluding hydrogens is 258 g/mol. The van der Waals surface area contributed by atoms with E-state index >= 15 is 0 Å². The van der Waals surface area contributed by atoms with E-state index in [9.17, 15) is 10.2 Å². The van der Waals surface area contributed by atoms with E-state index in [-0.39, 0.29) is 6.10 Å². The van der Waals surface area contributed by atoms with Gasteiger partial charge in [0.2, 0.25) is 0 Å². The normalized spacial score (nSPS) is 18.8. The van der Waals surface area contributed by atoms with E-state index in [1.165, 1.54) is 0 Å². The van der Waals surface area contributed by atoms with Crippen LogP contribution >= 0.6 is 0 Å².